The number of nitrogens with one attached hydrogen (secondary N) is 1. The van der Waals surface area contributed by atoms with Gasteiger partial charge in [-0.15, -0.1) is 0 Å². The van der Waals surface area contributed by atoms with Gasteiger partial charge in [0, 0.05) is 18.5 Å². The molecule has 2 saturated carbocycles. The van der Waals surface area contributed by atoms with Gasteiger partial charge in [-0.1, -0.05) is 38.0 Å². The van der Waals surface area contributed by atoms with Crippen LogP contribution in [0, 0.1) is 40.2 Å². The molecule has 32 heavy (non-hydrogen) atoms. The summed E-state index contributed by atoms with van der Waals surface area (Å²) in [6.45, 7) is 7.48. The molecule has 5 rings (SSSR count). The fourth-order valence-electron chi connectivity index (χ4n) is 7.86. The zero-order valence-corrected chi connectivity index (χ0v) is 19.5. The molecule has 7 atom stereocenters. The lowest BCUT2D eigenvalue weighted by molar-refractivity contribution is -0.174. The summed E-state index contributed by atoms with van der Waals surface area (Å²) in [6.07, 6.45) is 5.87. The molecule has 0 radical (unpaired) electrons. The lowest BCUT2D eigenvalue weighted by Crippen LogP contribution is -2.61. The van der Waals surface area contributed by atoms with Crippen LogP contribution in [-0.4, -0.2) is 28.5 Å². The number of halogens is 2. The highest BCUT2D eigenvalue weighted by molar-refractivity contribution is 5.34. The van der Waals surface area contributed by atoms with Crippen LogP contribution in [0.3, 0.4) is 0 Å². The summed E-state index contributed by atoms with van der Waals surface area (Å²) in [5.41, 5.74) is 3.97. The highest BCUT2D eigenvalue weighted by atomic mass is 19.2. The Morgan fingerprint density at radius 3 is 2.50 bits per heavy atom. The van der Waals surface area contributed by atoms with Crippen molar-refractivity contribution in [1.29, 1.82) is 0 Å². The van der Waals surface area contributed by atoms with Crippen molar-refractivity contribution in [3.63, 3.8) is 0 Å². The van der Waals surface area contributed by atoms with Crippen molar-refractivity contribution in [3.05, 3.63) is 46.5 Å². The molecule has 1 aromatic carbocycles. The number of rotatable bonds is 3. The SMILES string of the molecule is CC1(C)CCC2=C1CCC1C2[C@@H](O)[C@H](O)C2C[C@H](NCc3ccc(F)c(F)c3)CC[C@]12C. The smallest absolute Gasteiger partial charge is 0.159 e. The number of hydrogen-bond donors (Lipinski definition) is 3. The molecule has 0 aromatic heterocycles. The van der Waals surface area contributed by atoms with Crippen LogP contribution in [0.25, 0.3) is 0 Å². The first kappa shape index (κ1) is 22.5. The number of aliphatic hydroxyl groups is 2. The predicted octanol–water partition coefficient (Wildman–Crippen LogP) is 5.11. The van der Waals surface area contributed by atoms with E-state index in [0.717, 1.165) is 50.5 Å². The maximum Gasteiger partial charge on any atom is 0.159 e. The molecule has 3 unspecified atom stereocenters. The van der Waals surface area contributed by atoms with E-state index in [1.54, 1.807) is 11.6 Å². The van der Waals surface area contributed by atoms with Gasteiger partial charge in [0.2, 0.25) is 0 Å². The first-order chi connectivity index (χ1) is 15.1. The minimum Gasteiger partial charge on any atom is -0.390 e. The molecule has 1 aromatic rings. The van der Waals surface area contributed by atoms with E-state index in [9.17, 15) is 19.0 Å². The standard InChI is InChI=1S/C27H37F2NO2/c1-26(2)10-9-17-18(26)5-6-19-23(17)25(32)24(31)20-13-16(8-11-27(19,20)3)30-14-15-4-7-21(28)22(29)12-15/h4,7,12,16,19-20,23-25,30-32H,5-6,8-11,13-14H2,1-3H3/t16-,19?,20?,23?,24-,25-,27-/m1/s1. The average molecular weight is 446 g/mol. The van der Waals surface area contributed by atoms with Crippen LogP contribution in [0.5, 0.6) is 0 Å². The molecule has 5 heteroatoms. The summed E-state index contributed by atoms with van der Waals surface area (Å²) in [5.74, 6) is -1.08. The van der Waals surface area contributed by atoms with Crippen molar-refractivity contribution in [1.82, 2.24) is 5.32 Å². The molecule has 2 fully saturated rings. The Hall–Kier alpha value is -1.30. The molecule has 0 bridgehead atoms. The van der Waals surface area contributed by atoms with Gasteiger partial charge in [0.25, 0.3) is 0 Å². The monoisotopic (exact) mass is 445 g/mol. The second kappa shape index (κ2) is 7.89. The third-order valence-electron chi connectivity index (χ3n) is 9.74. The molecule has 3 nitrogen and oxygen atoms in total. The molecule has 0 spiro atoms. The summed E-state index contributed by atoms with van der Waals surface area (Å²) >= 11 is 0. The largest absolute Gasteiger partial charge is 0.390 e. The maximum atomic E-state index is 13.5. The summed E-state index contributed by atoms with van der Waals surface area (Å²) in [6, 6.07) is 4.22. The number of benzene rings is 1. The van der Waals surface area contributed by atoms with E-state index in [1.165, 1.54) is 17.7 Å². The van der Waals surface area contributed by atoms with Gasteiger partial charge < -0.3 is 15.5 Å². The first-order valence-electron chi connectivity index (χ1n) is 12.4. The molecule has 3 N–H and O–H groups in total. The van der Waals surface area contributed by atoms with Crippen LogP contribution in [0.15, 0.2) is 29.3 Å². The van der Waals surface area contributed by atoms with Crippen LogP contribution in [-0.2, 0) is 6.54 Å². The lowest BCUT2D eigenvalue weighted by atomic mass is 9.47. The van der Waals surface area contributed by atoms with E-state index < -0.39 is 23.8 Å². The normalized spacial score (nSPS) is 40.6. The molecule has 0 aliphatic heterocycles. The topological polar surface area (TPSA) is 52.5 Å². The molecule has 0 amide bonds. The van der Waals surface area contributed by atoms with E-state index in [-0.39, 0.29) is 28.7 Å². The van der Waals surface area contributed by atoms with Gasteiger partial charge in [0.1, 0.15) is 0 Å². The van der Waals surface area contributed by atoms with Gasteiger partial charge in [-0.25, -0.2) is 8.78 Å². The molecule has 4 aliphatic rings. The third-order valence-corrected chi connectivity index (χ3v) is 9.74. The number of fused-ring (bicyclic) bond motifs is 4. The molecular formula is C27H37F2NO2. The zero-order valence-electron chi connectivity index (χ0n) is 19.5. The van der Waals surface area contributed by atoms with E-state index >= 15 is 0 Å². The third kappa shape index (κ3) is 3.47. The fourth-order valence-corrected chi connectivity index (χ4v) is 7.86. The molecule has 4 aliphatic carbocycles. The lowest BCUT2D eigenvalue weighted by Gasteiger charge is -2.60. The van der Waals surface area contributed by atoms with Crippen LogP contribution >= 0.6 is 0 Å². The van der Waals surface area contributed by atoms with Crippen molar-refractivity contribution in [2.24, 2.45) is 28.6 Å². The number of hydrogen-bond acceptors (Lipinski definition) is 3. The Bertz CT molecular complexity index is 928. The van der Waals surface area contributed by atoms with E-state index in [4.69, 9.17) is 0 Å². The molecular weight excluding hydrogens is 408 g/mol. The predicted molar refractivity (Wildman–Crippen MR) is 121 cm³/mol. The maximum absolute atomic E-state index is 13.5. The highest BCUT2D eigenvalue weighted by Crippen LogP contribution is 2.63. The van der Waals surface area contributed by atoms with Crippen LogP contribution in [0.4, 0.5) is 8.78 Å². The van der Waals surface area contributed by atoms with Gasteiger partial charge in [-0.05, 0) is 85.3 Å². The average Bonchev–Trinajstić information content (AvgIpc) is 3.08. The van der Waals surface area contributed by atoms with Crippen molar-refractivity contribution in [2.45, 2.75) is 90.5 Å². The Balaban J connectivity index is 1.33. The van der Waals surface area contributed by atoms with Crippen molar-refractivity contribution in [2.75, 3.05) is 0 Å². The Morgan fingerprint density at radius 2 is 1.75 bits per heavy atom. The highest BCUT2D eigenvalue weighted by Gasteiger charge is 2.60. The van der Waals surface area contributed by atoms with Crippen molar-refractivity contribution < 1.29 is 19.0 Å². The van der Waals surface area contributed by atoms with E-state index in [0.29, 0.717) is 12.5 Å². The van der Waals surface area contributed by atoms with Gasteiger partial charge in [-0.3, -0.25) is 0 Å². The number of aliphatic hydroxyl groups excluding tert-OH is 2. The quantitative estimate of drug-likeness (QED) is 0.567. The van der Waals surface area contributed by atoms with Crippen molar-refractivity contribution >= 4 is 0 Å². The van der Waals surface area contributed by atoms with Gasteiger partial charge >= 0.3 is 0 Å². The van der Waals surface area contributed by atoms with Gasteiger partial charge in [0.05, 0.1) is 12.2 Å². The van der Waals surface area contributed by atoms with Gasteiger partial charge in [-0.2, -0.15) is 0 Å². The number of allylic oxidation sites excluding steroid dienone is 1. The molecule has 0 saturated heterocycles. The molecule has 0 heterocycles. The first-order valence-corrected chi connectivity index (χ1v) is 12.4. The zero-order chi connectivity index (χ0) is 22.8. The Morgan fingerprint density at radius 1 is 0.969 bits per heavy atom. The Kier molecular flexibility index (Phi) is 5.54. The van der Waals surface area contributed by atoms with Gasteiger partial charge in [0.15, 0.2) is 11.6 Å². The molecule has 176 valence electrons. The summed E-state index contributed by atoms with van der Waals surface area (Å²) < 4.78 is 26.8. The minimum atomic E-state index is -0.826. The van der Waals surface area contributed by atoms with Crippen LogP contribution < -0.4 is 5.32 Å². The second-order valence-electron chi connectivity index (χ2n) is 11.8. The van der Waals surface area contributed by atoms with E-state index in [1.807, 2.05) is 0 Å². The van der Waals surface area contributed by atoms with E-state index in [2.05, 4.69) is 26.1 Å². The van der Waals surface area contributed by atoms with Crippen LogP contribution in [0.1, 0.15) is 71.3 Å². The second-order valence-corrected chi connectivity index (χ2v) is 11.8. The fraction of sp³-hybridized carbons (Fsp3) is 0.704. The summed E-state index contributed by atoms with van der Waals surface area (Å²) in [4.78, 5) is 0. The summed E-state index contributed by atoms with van der Waals surface area (Å²) in [7, 11) is 0. The van der Waals surface area contributed by atoms with Crippen LogP contribution in [0.2, 0.25) is 0 Å². The summed E-state index contributed by atoms with van der Waals surface area (Å²) in [5, 5.41) is 26.1. The van der Waals surface area contributed by atoms with Crippen molar-refractivity contribution in [3.8, 4) is 0 Å². The minimum absolute atomic E-state index is 0.0226. The Labute approximate surface area is 190 Å².